The van der Waals surface area contributed by atoms with Crippen LogP contribution in [0.4, 0.5) is 23.3 Å². The Kier molecular flexibility index (Phi) is 24.8. The van der Waals surface area contributed by atoms with Crippen LogP contribution in [0.2, 0.25) is 0 Å². The summed E-state index contributed by atoms with van der Waals surface area (Å²) < 4.78 is 10.7. The van der Waals surface area contributed by atoms with E-state index in [0.717, 1.165) is 232 Å². The highest BCUT2D eigenvalue weighted by Crippen LogP contribution is 2.39. The largest absolute Gasteiger partial charge is 0.366 e. The van der Waals surface area contributed by atoms with Gasteiger partial charge in [0.25, 0.3) is 0 Å². The van der Waals surface area contributed by atoms with E-state index in [9.17, 15) is 19.2 Å². The fraction of sp³-hybridized carbons (Fsp3) is 0.400. The van der Waals surface area contributed by atoms with Crippen molar-refractivity contribution in [3.05, 3.63) is 210 Å². The number of carbonyl (C=O) groups excluding carboxylic acids is 4. The number of piperidine rings is 4. The van der Waals surface area contributed by atoms with Crippen molar-refractivity contribution in [2.45, 2.75) is 141 Å². The second-order valence-electron chi connectivity index (χ2n) is 29.4. The quantitative estimate of drug-likeness (QED) is 0.0620. The minimum atomic E-state index is 0.126. The Morgan fingerprint density at radius 3 is 0.955 bits per heavy atom. The SMILES string of the molecule is CC(=O)N1CCC(c2cc(NCc3cccnc3)n3ncc(Br)c3n2)CC1.CC(=O)N1CCCC(c2cc(NCc3cccnc3)n3ncc(Br)c3n2)C1.O=C(C1CC1)N1CCC(c2cc(NCc3cccnc3)n3ncc(Br)c3n2)CC1.O=C(C1CC1)N1CCCC(c2cc(NCc3cccnc3)n3ncc(Br)c3n2)C1. The van der Waals surface area contributed by atoms with Crippen LogP contribution >= 0.6 is 63.7 Å². The number of pyridine rings is 4. The van der Waals surface area contributed by atoms with Crippen LogP contribution in [0.15, 0.2) is 165 Å². The van der Waals surface area contributed by atoms with E-state index >= 15 is 0 Å². The van der Waals surface area contributed by atoms with Crippen LogP contribution in [0, 0.1) is 11.8 Å². The Morgan fingerprint density at radius 1 is 0.357 bits per heavy atom. The second kappa shape index (κ2) is 35.8. The molecule has 2 unspecified atom stereocenters. The molecule has 4 amide bonds. The number of likely N-dealkylation sites (tertiary alicyclic amines) is 4. The van der Waals surface area contributed by atoms with E-state index < -0.39 is 0 Å². The first-order valence-corrected chi connectivity index (χ1v) is 41.5. The van der Waals surface area contributed by atoms with E-state index in [1.165, 1.54) is 0 Å². The van der Waals surface area contributed by atoms with Gasteiger partial charge in [-0.05, 0) is 187 Å². The molecule has 28 nitrogen and oxygen atoms in total. The summed E-state index contributed by atoms with van der Waals surface area (Å²) in [5.41, 5.74) is 11.7. The van der Waals surface area contributed by atoms with Gasteiger partial charge in [-0.3, -0.25) is 39.1 Å². The molecule has 18 rings (SSSR count). The summed E-state index contributed by atoms with van der Waals surface area (Å²) >= 11 is 14.2. The molecule has 2 aliphatic carbocycles. The van der Waals surface area contributed by atoms with Crippen LogP contribution in [0.25, 0.3) is 22.6 Å². The number of hydrogen-bond donors (Lipinski definition) is 4. The first kappa shape index (κ1) is 77.4. The van der Waals surface area contributed by atoms with Crippen molar-refractivity contribution >= 4 is 133 Å². The molecule has 112 heavy (non-hydrogen) atoms. The molecule has 16 heterocycles. The highest BCUT2D eigenvalue weighted by Gasteiger charge is 2.38. The maximum absolute atomic E-state index is 12.6. The zero-order valence-corrected chi connectivity index (χ0v) is 68.7. The molecule has 0 aromatic carbocycles. The van der Waals surface area contributed by atoms with Crippen molar-refractivity contribution in [3.8, 4) is 0 Å². The summed E-state index contributed by atoms with van der Waals surface area (Å²) in [6.07, 6.45) is 33.6. The van der Waals surface area contributed by atoms with Gasteiger partial charge in [0.05, 0.1) is 54.1 Å². The van der Waals surface area contributed by atoms with Gasteiger partial charge in [-0.15, -0.1) is 0 Å². The molecule has 4 aliphatic heterocycles. The van der Waals surface area contributed by atoms with Crippen LogP contribution in [-0.2, 0) is 45.4 Å². The van der Waals surface area contributed by atoms with Crippen LogP contribution in [0.3, 0.4) is 0 Å². The van der Waals surface area contributed by atoms with Crippen molar-refractivity contribution in [2.24, 2.45) is 11.8 Å². The molecule has 4 N–H and O–H groups in total. The Hall–Kier alpha value is -9.92. The number of nitrogens with one attached hydrogen (secondary N) is 4. The fourth-order valence-electron chi connectivity index (χ4n) is 14.9. The predicted octanol–water partition coefficient (Wildman–Crippen LogP) is 13.7. The number of halogens is 4. The molecule has 32 heteroatoms. The Bertz CT molecular complexity index is 5260. The zero-order valence-electron chi connectivity index (χ0n) is 62.4. The van der Waals surface area contributed by atoms with Crippen LogP contribution in [0.1, 0.15) is 160 Å². The van der Waals surface area contributed by atoms with E-state index in [1.54, 1.807) is 67.9 Å². The Morgan fingerprint density at radius 2 is 0.652 bits per heavy atom. The molecule has 12 aromatic heterocycles. The van der Waals surface area contributed by atoms with E-state index in [2.05, 4.69) is 150 Å². The highest BCUT2D eigenvalue weighted by atomic mass is 79.9. The molecule has 2 atom stereocenters. The van der Waals surface area contributed by atoms with Gasteiger partial charge in [-0.2, -0.15) is 38.5 Å². The van der Waals surface area contributed by atoms with Gasteiger partial charge in [0, 0.05) is 213 Å². The third kappa shape index (κ3) is 18.9. The number of rotatable bonds is 18. The van der Waals surface area contributed by atoms with Gasteiger partial charge in [0.15, 0.2) is 22.6 Å². The summed E-state index contributed by atoms with van der Waals surface area (Å²) in [7, 11) is 0. The summed E-state index contributed by atoms with van der Waals surface area (Å²) in [5, 5.41) is 31.6. The molecule has 12 aromatic rings. The minimum absolute atomic E-state index is 0.126. The standard InChI is InChI=1S/2C21H23BrN6O.2C19H21BrN6O/c22-17-12-25-28-19(24-11-14-3-1-7-23-10-14)9-18(26-20(17)28)16-4-2-8-27(13-16)21(29)15-5-6-15;22-17-13-25-28-19(24-12-14-2-1-7-23-11-14)10-18(26-20(17)28)15-5-8-27(9-6-15)21(29)16-3-4-16;1-13(27)25-7-3-5-15(12-25)17-8-18(22-10-14-4-2-6-21-9-14)26-19(24-17)16(20)11-23-26;1-13(27)25-7-4-15(5-8-25)17-9-18(22-11-14-3-2-6-21-10-14)26-19(24-17)16(20)12-23-26/h1,3,7,9-10,12,15-16,24H,2,4-6,8,11,13H2;1-2,7,10-11,13,15-16,24H,3-6,8-9,12H2;2,4,6,8-9,11,15,22H,3,5,7,10,12H2,1H3;2-3,6,9-10,12,15,22H,4-5,7-8,11H2,1H3. The summed E-state index contributed by atoms with van der Waals surface area (Å²) in [6, 6.07) is 24.2. The lowest BCUT2D eigenvalue weighted by molar-refractivity contribution is -0.134. The number of carbonyl (C=O) groups is 4. The topological polar surface area (TPSA) is 302 Å². The maximum atomic E-state index is 12.6. The maximum Gasteiger partial charge on any atom is 0.225 e. The van der Waals surface area contributed by atoms with Gasteiger partial charge in [-0.25, -0.2) is 19.9 Å². The lowest BCUT2D eigenvalue weighted by Gasteiger charge is -2.33. The van der Waals surface area contributed by atoms with E-state index in [1.807, 2.05) is 106 Å². The molecule has 4 saturated heterocycles. The summed E-state index contributed by atoms with van der Waals surface area (Å²) in [4.78, 5) is 92.3. The lowest BCUT2D eigenvalue weighted by Crippen LogP contribution is -2.40. The number of nitrogens with zero attached hydrogens (tertiary/aromatic N) is 20. The third-order valence-electron chi connectivity index (χ3n) is 21.5. The average molecular weight is 1770 g/mol. The Balaban J connectivity index is 0.000000118. The van der Waals surface area contributed by atoms with Crippen LogP contribution in [-0.4, -0.2) is 174 Å². The molecule has 0 radical (unpaired) electrons. The van der Waals surface area contributed by atoms with E-state index in [0.29, 0.717) is 62.3 Å². The molecule has 580 valence electrons. The van der Waals surface area contributed by atoms with E-state index in [4.69, 9.17) is 19.9 Å². The predicted molar refractivity (Wildman–Crippen MR) is 440 cm³/mol. The highest BCUT2D eigenvalue weighted by molar-refractivity contribution is 9.11. The third-order valence-corrected chi connectivity index (χ3v) is 23.7. The zero-order chi connectivity index (χ0) is 77.2. The smallest absolute Gasteiger partial charge is 0.225 e. The number of fused-ring (bicyclic) bond motifs is 4. The van der Waals surface area contributed by atoms with Gasteiger partial charge < -0.3 is 40.9 Å². The summed E-state index contributed by atoms with van der Waals surface area (Å²) in [6.45, 7) is 12.3. The molecule has 0 bridgehead atoms. The fourth-order valence-corrected chi connectivity index (χ4v) is 16.3. The normalized spacial score (nSPS) is 17.4. The first-order chi connectivity index (χ1) is 54.6. The van der Waals surface area contributed by atoms with Crippen molar-refractivity contribution in [1.82, 2.24) is 97.9 Å². The lowest BCUT2D eigenvalue weighted by atomic mass is 9.93. The van der Waals surface area contributed by atoms with Gasteiger partial charge in [-0.1, -0.05) is 24.3 Å². The molecule has 2 saturated carbocycles. The monoisotopic (exact) mass is 1760 g/mol. The number of anilines is 4. The van der Waals surface area contributed by atoms with Gasteiger partial charge in [0.1, 0.15) is 23.3 Å². The molecule has 6 fully saturated rings. The molecular weight excluding hydrogens is 1680 g/mol. The second-order valence-corrected chi connectivity index (χ2v) is 32.8. The Labute approximate surface area is 681 Å². The number of amides is 4. The number of hydrogen-bond acceptors (Lipinski definition) is 20. The van der Waals surface area contributed by atoms with Gasteiger partial charge >= 0.3 is 0 Å². The summed E-state index contributed by atoms with van der Waals surface area (Å²) in [5.74, 6) is 6.28. The average Bonchev–Trinajstić information content (AvgIpc) is 1.77. The van der Waals surface area contributed by atoms with Gasteiger partial charge in [0.2, 0.25) is 23.6 Å². The van der Waals surface area contributed by atoms with Crippen molar-refractivity contribution in [2.75, 3.05) is 73.6 Å². The van der Waals surface area contributed by atoms with E-state index in [-0.39, 0.29) is 29.6 Å². The van der Waals surface area contributed by atoms with Crippen molar-refractivity contribution in [3.63, 3.8) is 0 Å². The first-order valence-electron chi connectivity index (χ1n) is 38.4. The van der Waals surface area contributed by atoms with Crippen molar-refractivity contribution < 1.29 is 19.2 Å². The van der Waals surface area contributed by atoms with Crippen LogP contribution in [0.5, 0.6) is 0 Å². The van der Waals surface area contributed by atoms with Crippen LogP contribution < -0.4 is 21.3 Å². The molecular formula is C80H88Br4N24O4. The molecule has 0 spiro atoms. The molecule has 6 aliphatic rings. The minimum Gasteiger partial charge on any atom is -0.366 e. The number of aromatic nitrogens is 16. The van der Waals surface area contributed by atoms with Crippen molar-refractivity contribution in [1.29, 1.82) is 0 Å².